The first-order valence-electron chi connectivity index (χ1n) is 5.52. The second-order valence-corrected chi connectivity index (χ2v) is 3.51. The van der Waals surface area contributed by atoms with Crippen molar-refractivity contribution >= 4 is 6.09 Å². The Balaban J connectivity index is 2.58. The van der Waals surface area contributed by atoms with Crippen molar-refractivity contribution in [3.63, 3.8) is 0 Å². The van der Waals surface area contributed by atoms with E-state index in [1.54, 1.807) is 32.4 Å². The summed E-state index contributed by atoms with van der Waals surface area (Å²) < 4.78 is 15.2. The Morgan fingerprint density at radius 1 is 1.22 bits per heavy atom. The van der Waals surface area contributed by atoms with Crippen molar-refractivity contribution in [2.24, 2.45) is 5.73 Å². The minimum Gasteiger partial charge on any atom is -0.497 e. The van der Waals surface area contributed by atoms with Crippen molar-refractivity contribution in [2.45, 2.75) is 6.61 Å². The molecular weight excluding hydrogens is 236 g/mol. The van der Waals surface area contributed by atoms with Gasteiger partial charge in [0.15, 0.2) is 0 Å². The van der Waals surface area contributed by atoms with E-state index in [-0.39, 0.29) is 6.61 Å². The van der Waals surface area contributed by atoms with Crippen LogP contribution in [-0.2, 0) is 11.3 Å². The average molecular weight is 254 g/mol. The third kappa shape index (κ3) is 4.50. The van der Waals surface area contributed by atoms with Gasteiger partial charge in [-0.1, -0.05) is 0 Å². The fourth-order valence-corrected chi connectivity index (χ4v) is 1.32. The second kappa shape index (κ2) is 7.39. The fourth-order valence-electron chi connectivity index (χ4n) is 1.32. The molecule has 1 rings (SSSR count). The molecule has 18 heavy (non-hydrogen) atoms. The Bertz CT molecular complexity index is 373. The van der Waals surface area contributed by atoms with E-state index in [1.807, 2.05) is 0 Å². The maximum atomic E-state index is 11.2. The summed E-state index contributed by atoms with van der Waals surface area (Å²) in [5.74, 6) is 1.30. The van der Waals surface area contributed by atoms with E-state index < -0.39 is 6.09 Å². The average Bonchev–Trinajstić information content (AvgIpc) is 2.42. The predicted molar refractivity (Wildman–Crippen MR) is 66.8 cm³/mol. The molecule has 0 bridgehead atoms. The zero-order valence-electron chi connectivity index (χ0n) is 10.6. The number of amides is 1. The maximum absolute atomic E-state index is 11.2. The Hall–Kier alpha value is -1.95. The summed E-state index contributed by atoms with van der Waals surface area (Å²) in [6.45, 7) is 0.909. The SMILES string of the molecule is COc1cc(COC(=O)NCCN)cc(OC)c1. The minimum atomic E-state index is -0.498. The molecule has 0 atom stereocenters. The molecular formula is C12H18N2O4. The Morgan fingerprint density at radius 3 is 2.33 bits per heavy atom. The van der Waals surface area contributed by atoms with Crippen molar-refractivity contribution < 1.29 is 19.0 Å². The Morgan fingerprint density at radius 2 is 1.83 bits per heavy atom. The summed E-state index contributed by atoms with van der Waals surface area (Å²) in [6, 6.07) is 5.30. The highest BCUT2D eigenvalue weighted by Crippen LogP contribution is 2.22. The van der Waals surface area contributed by atoms with Crippen LogP contribution in [0.4, 0.5) is 4.79 Å². The first-order valence-corrected chi connectivity index (χ1v) is 5.52. The first-order chi connectivity index (χ1) is 8.69. The summed E-state index contributed by atoms with van der Waals surface area (Å²) in [5.41, 5.74) is 6.04. The van der Waals surface area contributed by atoms with Crippen LogP contribution in [0.2, 0.25) is 0 Å². The molecule has 0 fully saturated rings. The lowest BCUT2D eigenvalue weighted by atomic mass is 10.2. The van der Waals surface area contributed by atoms with Crippen molar-refractivity contribution in [3.05, 3.63) is 23.8 Å². The molecule has 1 aromatic carbocycles. The zero-order valence-corrected chi connectivity index (χ0v) is 10.6. The van der Waals surface area contributed by atoms with E-state index in [0.29, 0.717) is 24.6 Å². The van der Waals surface area contributed by atoms with E-state index in [1.165, 1.54) is 0 Å². The van der Waals surface area contributed by atoms with Crippen molar-refractivity contribution in [1.82, 2.24) is 5.32 Å². The number of hydrogen-bond donors (Lipinski definition) is 2. The van der Waals surface area contributed by atoms with Crippen molar-refractivity contribution in [1.29, 1.82) is 0 Å². The first kappa shape index (κ1) is 14.1. The Kier molecular flexibility index (Phi) is 5.79. The van der Waals surface area contributed by atoms with E-state index in [9.17, 15) is 4.79 Å². The molecule has 6 nitrogen and oxygen atoms in total. The van der Waals surface area contributed by atoms with Crippen LogP contribution in [0.15, 0.2) is 18.2 Å². The molecule has 100 valence electrons. The van der Waals surface area contributed by atoms with Crippen LogP contribution in [0.1, 0.15) is 5.56 Å². The van der Waals surface area contributed by atoms with Gasteiger partial charge in [0.1, 0.15) is 18.1 Å². The lowest BCUT2D eigenvalue weighted by Crippen LogP contribution is -2.29. The van der Waals surface area contributed by atoms with Crippen LogP contribution in [0.25, 0.3) is 0 Å². The number of benzene rings is 1. The van der Waals surface area contributed by atoms with Crippen LogP contribution < -0.4 is 20.5 Å². The number of carbonyl (C=O) groups excluding carboxylic acids is 1. The summed E-state index contributed by atoms with van der Waals surface area (Å²) in [6.07, 6.45) is -0.498. The number of nitrogens with one attached hydrogen (secondary N) is 1. The summed E-state index contributed by atoms with van der Waals surface area (Å²) in [4.78, 5) is 11.2. The smallest absolute Gasteiger partial charge is 0.407 e. The molecule has 0 saturated carbocycles. The zero-order chi connectivity index (χ0) is 13.4. The molecule has 0 aliphatic rings. The standard InChI is InChI=1S/C12H18N2O4/c1-16-10-5-9(6-11(7-10)17-2)8-18-12(15)14-4-3-13/h5-7H,3-4,8,13H2,1-2H3,(H,14,15). The molecule has 0 radical (unpaired) electrons. The van der Waals surface area contributed by atoms with Crippen LogP contribution in [0.5, 0.6) is 11.5 Å². The number of carbonyl (C=O) groups is 1. The van der Waals surface area contributed by atoms with Gasteiger partial charge in [-0.05, 0) is 17.7 Å². The number of alkyl carbamates (subject to hydrolysis) is 1. The fraction of sp³-hybridized carbons (Fsp3) is 0.417. The summed E-state index contributed by atoms with van der Waals surface area (Å²) >= 11 is 0. The van der Waals surface area contributed by atoms with Gasteiger partial charge in [-0.2, -0.15) is 0 Å². The third-order valence-corrected chi connectivity index (χ3v) is 2.19. The molecule has 1 amide bonds. The number of methoxy groups -OCH3 is 2. The molecule has 0 unspecified atom stereocenters. The van der Waals surface area contributed by atoms with Gasteiger partial charge in [0.25, 0.3) is 0 Å². The molecule has 1 aromatic rings. The van der Waals surface area contributed by atoms with E-state index >= 15 is 0 Å². The molecule has 0 aromatic heterocycles. The second-order valence-electron chi connectivity index (χ2n) is 3.51. The van der Waals surface area contributed by atoms with Gasteiger partial charge in [0, 0.05) is 19.2 Å². The lowest BCUT2D eigenvalue weighted by Gasteiger charge is -2.09. The third-order valence-electron chi connectivity index (χ3n) is 2.19. The molecule has 0 aliphatic carbocycles. The van der Waals surface area contributed by atoms with Crippen LogP contribution in [0, 0.1) is 0 Å². The molecule has 0 aliphatic heterocycles. The number of hydrogen-bond acceptors (Lipinski definition) is 5. The quantitative estimate of drug-likeness (QED) is 0.787. The number of rotatable bonds is 6. The van der Waals surface area contributed by atoms with E-state index in [0.717, 1.165) is 5.56 Å². The highest BCUT2D eigenvalue weighted by Gasteiger charge is 2.05. The molecule has 3 N–H and O–H groups in total. The van der Waals surface area contributed by atoms with Gasteiger partial charge in [-0.15, -0.1) is 0 Å². The van der Waals surface area contributed by atoms with Gasteiger partial charge in [-0.3, -0.25) is 0 Å². The molecule has 0 saturated heterocycles. The summed E-state index contributed by atoms with van der Waals surface area (Å²) in [7, 11) is 3.13. The van der Waals surface area contributed by atoms with Gasteiger partial charge in [-0.25, -0.2) is 4.79 Å². The van der Waals surface area contributed by atoms with Gasteiger partial charge in [0.2, 0.25) is 0 Å². The number of nitrogens with two attached hydrogens (primary N) is 1. The lowest BCUT2D eigenvalue weighted by molar-refractivity contribution is 0.139. The maximum Gasteiger partial charge on any atom is 0.407 e. The van der Waals surface area contributed by atoms with Crippen molar-refractivity contribution in [3.8, 4) is 11.5 Å². The minimum absolute atomic E-state index is 0.143. The largest absolute Gasteiger partial charge is 0.497 e. The normalized spacial score (nSPS) is 9.72. The van der Waals surface area contributed by atoms with E-state index in [2.05, 4.69) is 5.32 Å². The highest BCUT2D eigenvalue weighted by atomic mass is 16.5. The van der Waals surface area contributed by atoms with Gasteiger partial charge in [0.05, 0.1) is 14.2 Å². The number of ether oxygens (including phenoxy) is 3. The van der Waals surface area contributed by atoms with Crippen LogP contribution in [-0.4, -0.2) is 33.4 Å². The monoisotopic (exact) mass is 254 g/mol. The van der Waals surface area contributed by atoms with Crippen molar-refractivity contribution in [2.75, 3.05) is 27.3 Å². The summed E-state index contributed by atoms with van der Waals surface area (Å²) in [5, 5.41) is 2.51. The highest BCUT2D eigenvalue weighted by molar-refractivity contribution is 5.67. The molecule has 6 heteroatoms. The topological polar surface area (TPSA) is 82.8 Å². The Labute approximate surface area is 106 Å². The molecule has 0 spiro atoms. The van der Waals surface area contributed by atoms with Crippen LogP contribution >= 0.6 is 0 Å². The predicted octanol–water partition coefficient (Wildman–Crippen LogP) is 0.889. The molecule has 0 heterocycles. The van der Waals surface area contributed by atoms with Gasteiger partial charge < -0.3 is 25.3 Å². The van der Waals surface area contributed by atoms with E-state index in [4.69, 9.17) is 19.9 Å². The van der Waals surface area contributed by atoms with Crippen LogP contribution in [0.3, 0.4) is 0 Å². The van der Waals surface area contributed by atoms with Gasteiger partial charge >= 0.3 is 6.09 Å².